The smallest absolute Gasteiger partial charge is 0.277 e. The van der Waals surface area contributed by atoms with Crippen molar-refractivity contribution in [1.29, 1.82) is 0 Å². The van der Waals surface area contributed by atoms with Crippen molar-refractivity contribution >= 4 is 17.4 Å². The van der Waals surface area contributed by atoms with Gasteiger partial charge in [0.05, 0.1) is 25.8 Å². The Labute approximate surface area is 165 Å². The summed E-state index contributed by atoms with van der Waals surface area (Å²) in [6, 6.07) is 17.1. The van der Waals surface area contributed by atoms with Crippen molar-refractivity contribution in [2.45, 2.75) is 6.54 Å². The number of hydrogen-bond donors (Lipinski definition) is 0. The largest absolute Gasteiger partial charge is 0.496 e. The van der Waals surface area contributed by atoms with Crippen LogP contribution in [0, 0.1) is 0 Å². The molecule has 2 amide bonds. The summed E-state index contributed by atoms with van der Waals surface area (Å²) in [4.78, 5) is 29.4. The van der Waals surface area contributed by atoms with Crippen molar-refractivity contribution in [3.63, 3.8) is 0 Å². The van der Waals surface area contributed by atoms with E-state index in [1.165, 1.54) is 4.90 Å². The molecule has 6 nitrogen and oxygen atoms in total. The molecule has 0 aliphatic carbocycles. The molecule has 1 aliphatic rings. The Morgan fingerprint density at radius 1 is 0.929 bits per heavy atom. The fourth-order valence-electron chi connectivity index (χ4n) is 3.33. The van der Waals surface area contributed by atoms with Gasteiger partial charge in [0.2, 0.25) is 0 Å². The highest BCUT2D eigenvalue weighted by Gasteiger charge is 2.41. The molecule has 0 unspecified atom stereocenters. The molecule has 0 fully saturated rings. The molecule has 0 radical (unpaired) electrons. The van der Waals surface area contributed by atoms with Crippen LogP contribution in [0.4, 0.5) is 0 Å². The van der Waals surface area contributed by atoms with Gasteiger partial charge >= 0.3 is 0 Å². The van der Waals surface area contributed by atoms with Crippen molar-refractivity contribution in [2.24, 2.45) is 0 Å². The molecule has 2 aromatic rings. The summed E-state index contributed by atoms with van der Waals surface area (Å²) in [5.41, 5.74) is 2.39. The number of amides is 2. The van der Waals surface area contributed by atoms with Gasteiger partial charge in [0.15, 0.2) is 0 Å². The molecule has 0 saturated carbocycles. The Morgan fingerprint density at radius 3 is 2.29 bits per heavy atom. The third-order valence-corrected chi connectivity index (χ3v) is 4.68. The van der Waals surface area contributed by atoms with E-state index >= 15 is 0 Å². The van der Waals surface area contributed by atoms with Gasteiger partial charge < -0.3 is 14.4 Å². The number of likely N-dealkylation sites (N-methyl/N-ethyl adjacent to an activating group) is 1. The van der Waals surface area contributed by atoms with E-state index in [1.807, 2.05) is 54.4 Å². The number of rotatable bonds is 8. The van der Waals surface area contributed by atoms with Crippen LogP contribution >= 0.6 is 0 Å². The average Bonchev–Trinajstić information content (AvgIpc) is 2.97. The molecule has 0 spiro atoms. The number of hydrogen-bond acceptors (Lipinski definition) is 5. The second kappa shape index (κ2) is 8.71. The molecule has 6 heteroatoms. The zero-order valence-corrected chi connectivity index (χ0v) is 16.3. The Balaban J connectivity index is 2.06. The third-order valence-electron chi connectivity index (χ3n) is 4.68. The molecule has 0 aromatic heterocycles. The molecule has 146 valence electrons. The zero-order chi connectivity index (χ0) is 20.1. The van der Waals surface area contributed by atoms with Gasteiger partial charge in [0, 0.05) is 26.3 Å². The van der Waals surface area contributed by atoms with Crippen LogP contribution < -0.4 is 4.74 Å². The molecule has 2 aromatic carbocycles. The summed E-state index contributed by atoms with van der Waals surface area (Å²) in [7, 11) is 4.92. The third kappa shape index (κ3) is 3.77. The summed E-state index contributed by atoms with van der Waals surface area (Å²) in [5, 5.41) is 0. The van der Waals surface area contributed by atoms with E-state index < -0.39 is 0 Å². The fraction of sp³-hybridized carbons (Fsp3) is 0.273. The summed E-state index contributed by atoms with van der Waals surface area (Å²) in [6.07, 6.45) is 0. The van der Waals surface area contributed by atoms with Crippen molar-refractivity contribution in [3.8, 4) is 5.75 Å². The van der Waals surface area contributed by atoms with E-state index in [0.717, 1.165) is 5.56 Å². The predicted octanol–water partition coefficient (Wildman–Crippen LogP) is 2.55. The van der Waals surface area contributed by atoms with Gasteiger partial charge in [0.1, 0.15) is 11.4 Å². The normalized spacial score (nSPS) is 14.0. The van der Waals surface area contributed by atoms with E-state index in [4.69, 9.17) is 9.47 Å². The van der Waals surface area contributed by atoms with Gasteiger partial charge in [-0.1, -0.05) is 48.5 Å². The Kier molecular flexibility index (Phi) is 6.11. The van der Waals surface area contributed by atoms with Crippen LogP contribution in [0.2, 0.25) is 0 Å². The van der Waals surface area contributed by atoms with Gasteiger partial charge in [-0.05, 0) is 11.6 Å². The van der Waals surface area contributed by atoms with Crippen LogP contribution in [0.3, 0.4) is 0 Å². The number of ether oxygens (including phenoxy) is 2. The predicted molar refractivity (Wildman–Crippen MR) is 106 cm³/mol. The minimum absolute atomic E-state index is 0.204. The highest BCUT2D eigenvalue weighted by Crippen LogP contribution is 2.36. The Morgan fingerprint density at radius 2 is 1.61 bits per heavy atom. The quantitative estimate of drug-likeness (QED) is 0.659. The molecular formula is C22H24N2O4. The van der Waals surface area contributed by atoms with Crippen LogP contribution in [-0.2, 0) is 20.9 Å². The first-order valence-corrected chi connectivity index (χ1v) is 9.06. The van der Waals surface area contributed by atoms with Crippen molar-refractivity contribution in [1.82, 2.24) is 9.80 Å². The zero-order valence-electron chi connectivity index (χ0n) is 16.3. The second-order valence-corrected chi connectivity index (χ2v) is 6.52. The van der Waals surface area contributed by atoms with Crippen LogP contribution in [0.5, 0.6) is 5.75 Å². The number of carbonyl (C=O) groups is 2. The van der Waals surface area contributed by atoms with Gasteiger partial charge in [-0.3, -0.25) is 14.5 Å². The highest BCUT2D eigenvalue weighted by molar-refractivity contribution is 6.36. The standard InChI is InChI=1S/C22H24N2O4/c1-23(15-16-9-5-4-6-10-16)20-19(17-11-7-8-12-18(17)28-3)21(25)24(22(20)26)13-14-27-2/h4-12H,13-15H2,1-3H3. The highest BCUT2D eigenvalue weighted by atomic mass is 16.5. The van der Waals surface area contributed by atoms with E-state index in [1.54, 1.807) is 26.4 Å². The summed E-state index contributed by atoms with van der Waals surface area (Å²) in [5.74, 6) is -0.0966. The first kappa shape index (κ1) is 19.6. The summed E-state index contributed by atoms with van der Waals surface area (Å²) < 4.78 is 10.5. The molecule has 1 heterocycles. The maximum atomic E-state index is 13.2. The second-order valence-electron chi connectivity index (χ2n) is 6.52. The summed E-state index contributed by atoms with van der Waals surface area (Å²) in [6.45, 7) is 0.994. The lowest BCUT2D eigenvalue weighted by molar-refractivity contribution is -0.138. The van der Waals surface area contributed by atoms with Crippen LogP contribution in [-0.4, -0.2) is 56.0 Å². The SMILES string of the molecule is COCCN1C(=O)C(c2ccccc2OC)=C(N(C)Cc2ccccc2)C1=O. The fourth-order valence-corrected chi connectivity index (χ4v) is 3.33. The van der Waals surface area contributed by atoms with Gasteiger partial charge in [-0.2, -0.15) is 0 Å². The van der Waals surface area contributed by atoms with E-state index in [-0.39, 0.29) is 25.0 Å². The molecule has 0 N–H and O–H groups in total. The molecule has 0 bridgehead atoms. The maximum Gasteiger partial charge on any atom is 0.277 e. The summed E-state index contributed by atoms with van der Waals surface area (Å²) >= 11 is 0. The molecule has 1 aliphatic heterocycles. The first-order chi connectivity index (χ1) is 13.6. The molecular weight excluding hydrogens is 356 g/mol. The van der Waals surface area contributed by atoms with E-state index in [0.29, 0.717) is 29.1 Å². The van der Waals surface area contributed by atoms with Crippen molar-refractivity contribution in [2.75, 3.05) is 34.4 Å². The number of para-hydroxylation sites is 1. The Bertz CT molecular complexity index is 892. The van der Waals surface area contributed by atoms with Gasteiger partial charge in [0.25, 0.3) is 11.8 Å². The van der Waals surface area contributed by atoms with Gasteiger partial charge in [-0.25, -0.2) is 0 Å². The maximum absolute atomic E-state index is 13.2. The van der Waals surface area contributed by atoms with Crippen LogP contribution in [0.15, 0.2) is 60.3 Å². The topological polar surface area (TPSA) is 59.1 Å². The molecule has 28 heavy (non-hydrogen) atoms. The first-order valence-electron chi connectivity index (χ1n) is 9.06. The van der Waals surface area contributed by atoms with E-state index in [9.17, 15) is 9.59 Å². The minimum Gasteiger partial charge on any atom is -0.496 e. The molecule has 3 rings (SSSR count). The number of nitrogens with zero attached hydrogens (tertiary/aromatic N) is 2. The minimum atomic E-state index is -0.332. The average molecular weight is 380 g/mol. The number of benzene rings is 2. The van der Waals surface area contributed by atoms with Crippen molar-refractivity contribution in [3.05, 3.63) is 71.4 Å². The van der Waals surface area contributed by atoms with Gasteiger partial charge in [-0.15, -0.1) is 0 Å². The number of methoxy groups -OCH3 is 2. The lowest BCUT2D eigenvalue weighted by Gasteiger charge is -2.21. The molecule has 0 saturated heterocycles. The van der Waals surface area contributed by atoms with Crippen LogP contribution in [0.1, 0.15) is 11.1 Å². The monoisotopic (exact) mass is 380 g/mol. The van der Waals surface area contributed by atoms with Crippen molar-refractivity contribution < 1.29 is 19.1 Å². The van der Waals surface area contributed by atoms with E-state index in [2.05, 4.69) is 0 Å². The van der Waals surface area contributed by atoms with Crippen LogP contribution in [0.25, 0.3) is 5.57 Å². The number of carbonyl (C=O) groups excluding carboxylic acids is 2. The number of imide groups is 1. The Hall–Kier alpha value is -3.12. The lowest BCUT2D eigenvalue weighted by atomic mass is 10.0. The molecule has 0 atom stereocenters. The lowest BCUT2D eigenvalue weighted by Crippen LogP contribution is -2.36.